The predicted molar refractivity (Wildman–Crippen MR) is 63.5 cm³/mol. The van der Waals surface area contributed by atoms with Crippen LogP contribution >= 0.6 is 0 Å². The zero-order valence-corrected chi connectivity index (χ0v) is 9.96. The summed E-state index contributed by atoms with van der Waals surface area (Å²) in [4.78, 5) is 26.1. The highest BCUT2D eigenvalue weighted by Gasteiger charge is 2.23. The summed E-state index contributed by atoms with van der Waals surface area (Å²) >= 11 is 0. The van der Waals surface area contributed by atoms with Crippen molar-refractivity contribution in [3.8, 4) is 0 Å². The van der Waals surface area contributed by atoms with Crippen LogP contribution in [0, 0.1) is 0 Å². The van der Waals surface area contributed by atoms with Gasteiger partial charge in [-0.25, -0.2) is 0 Å². The molecule has 1 rings (SSSR count). The molecule has 0 saturated carbocycles. The van der Waals surface area contributed by atoms with Crippen molar-refractivity contribution < 1.29 is 4.79 Å². The van der Waals surface area contributed by atoms with Gasteiger partial charge in [-0.3, -0.25) is 9.59 Å². The minimum atomic E-state index is -0.312. The Kier molecular flexibility index (Phi) is 3.88. The Morgan fingerprint density at radius 1 is 1.44 bits per heavy atom. The lowest BCUT2D eigenvalue weighted by Gasteiger charge is -2.28. The Hall–Kier alpha value is -1.58. The fraction of sp³-hybridized carbons (Fsp3) is 0.500. The largest absolute Gasteiger partial charge is 0.367 e. The molecule has 0 aliphatic carbocycles. The second-order valence-corrected chi connectivity index (χ2v) is 4.14. The van der Waals surface area contributed by atoms with Crippen molar-refractivity contribution in [1.82, 2.24) is 10.3 Å². The van der Waals surface area contributed by atoms with Crippen LogP contribution in [0.1, 0.15) is 44.0 Å². The molecule has 0 unspecified atom stereocenters. The van der Waals surface area contributed by atoms with E-state index >= 15 is 0 Å². The van der Waals surface area contributed by atoms with Crippen molar-refractivity contribution in [3.05, 3.63) is 34.2 Å². The van der Waals surface area contributed by atoms with Gasteiger partial charge in [0.05, 0.1) is 0 Å². The third-order valence-electron chi connectivity index (χ3n) is 3.04. The highest BCUT2D eigenvalue weighted by atomic mass is 16.2. The first kappa shape index (κ1) is 12.5. The van der Waals surface area contributed by atoms with Gasteiger partial charge in [0.1, 0.15) is 5.56 Å². The number of amides is 1. The highest BCUT2D eigenvalue weighted by Crippen LogP contribution is 2.13. The molecule has 1 aromatic rings. The lowest BCUT2D eigenvalue weighted by atomic mass is 9.95. The van der Waals surface area contributed by atoms with Crippen LogP contribution in [0.15, 0.2) is 23.3 Å². The van der Waals surface area contributed by atoms with Gasteiger partial charge >= 0.3 is 0 Å². The first-order chi connectivity index (χ1) is 7.52. The van der Waals surface area contributed by atoms with E-state index in [0.717, 1.165) is 12.8 Å². The third-order valence-corrected chi connectivity index (χ3v) is 3.04. The molecule has 2 N–H and O–H groups in total. The topological polar surface area (TPSA) is 62.0 Å². The minimum Gasteiger partial charge on any atom is -0.367 e. The second-order valence-electron chi connectivity index (χ2n) is 4.14. The van der Waals surface area contributed by atoms with E-state index in [2.05, 4.69) is 10.3 Å². The van der Waals surface area contributed by atoms with Crippen molar-refractivity contribution in [1.29, 1.82) is 0 Å². The summed E-state index contributed by atoms with van der Waals surface area (Å²) in [6.45, 7) is 6.00. The van der Waals surface area contributed by atoms with Crippen molar-refractivity contribution in [3.63, 3.8) is 0 Å². The Morgan fingerprint density at radius 3 is 2.56 bits per heavy atom. The van der Waals surface area contributed by atoms with E-state index < -0.39 is 0 Å². The molecule has 16 heavy (non-hydrogen) atoms. The van der Waals surface area contributed by atoms with Gasteiger partial charge in [0, 0.05) is 24.0 Å². The average molecular weight is 222 g/mol. The number of nitrogens with one attached hydrogen (secondary N) is 2. The molecule has 0 aromatic carbocycles. The lowest BCUT2D eigenvalue weighted by molar-refractivity contribution is 0.0899. The molecule has 88 valence electrons. The number of carbonyl (C=O) groups is 1. The van der Waals surface area contributed by atoms with E-state index in [4.69, 9.17) is 0 Å². The summed E-state index contributed by atoms with van der Waals surface area (Å²) in [5, 5.41) is 2.89. The van der Waals surface area contributed by atoms with Crippen molar-refractivity contribution in [2.75, 3.05) is 0 Å². The molecular formula is C12H18N2O2. The van der Waals surface area contributed by atoms with E-state index in [0.29, 0.717) is 0 Å². The standard InChI is InChI=1S/C12H18N2O2/c1-4-12(3,5-2)14-11(16)9-8-13-7-6-10(9)15/h6-8H,4-5H2,1-3H3,(H,13,15)(H,14,16). The Bertz CT molecular complexity index is 419. The van der Waals surface area contributed by atoms with E-state index in [1.807, 2.05) is 20.8 Å². The maximum atomic E-state index is 11.9. The summed E-state index contributed by atoms with van der Waals surface area (Å²) in [5.74, 6) is -0.312. The van der Waals surface area contributed by atoms with Crippen molar-refractivity contribution in [2.24, 2.45) is 0 Å². The monoisotopic (exact) mass is 222 g/mol. The smallest absolute Gasteiger partial charge is 0.257 e. The molecule has 0 fully saturated rings. The number of carbonyl (C=O) groups excluding carboxylic acids is 1. The Morgan fingerprint density at radius 2 is 2.06 bits per heavy atom. The molecule has 0 radical (unpaired) electrons. The number of H-pyrrole nitrogens is 1. The van der Waals surface area contributed by atoms with Crippen molar-refractivity contribution in [2.45, 2.75) is 39.2 Å². The van der Waals surface area contributed by atoms with E-state index in [1.54, 1.807) is 0 Å². The van der Waals surface area contributed by atoms with E-state index in [-0.39, 0.29) is 22.4 Å². The maximum absolute atomic E-state index is 11.9. The van der Waals surface area contributed by atoms with Crippen molar-refractivity contribution >= 4 is 5.91 Å². The van der Waals surface area contributed by atoms with E-state index in [9.17, 15) is 9.59 Å². The first-order valence-electron chi connectivity index (χ1n) is 5.52. The van der Waals surface area contributed by atoms with Crippen LogP contribution < -0.4 is 10.7 Å². The molecule has 4 nitrogen and oxygen atoms in total. The van der Waals surface area contributed by atoms with Gasteiger partial charge < -0.3 is 10.3 Å². The number of aromatic amines is 1. The fourth-order valence-electron chi connectivity index (χ4n) is 1.36. The van der Waals surface area contributed by atoms with Gasteiger partial charge in [0.15, 0.2) is 5.43 Å². The summed E-state index contributed by atoms with van der Waals surface area (Å²) in [5.41, 5.74) is -0.347. The molecule has 0 aliphatic heterocycles. The Balaban J connectivity index is 2.89. The zero-order chi connectivity index (χ0) is 12.2. The van der Waals surface area contributed by atoms with Crippen LogP contribution in [0.25, 0.3) is 0 Å². The third kappa shape index (κ3) is 2.72. The normalized spacial score (nSPS) is 11.2. The molecule has 4 heteroatoms. The van der Waals surface area contributed by atoms with Gasteiger partial charge in [0.25, 0.3) is 5.91 Å². The van der Waals surface area contributed by atoms with Gasteiger partial charge in [-0.15, -0.1) is 0 Å². The molecule has 1 heterocycles. The molecule has 0 aliphatic rings. The molecule has 0 atom stereocenters. The fourth-order valence-corrected chi connectivity index (χ4v) is 1.36. The first-order valence-corrected chi connectivity index (χ1v) is 5.52. The van der Waals surface area contributed by atoms with E-state index in [1.165, 1.54) is 18.5 Å². The number of hydrogen-bond acceptors (Lipinski definition) is 2. The summed E-state index contributed by atoms with van der Waals surface area (Å²) in [6, 6.07) is 1.35. The summed E-state index contributed by atoms with van der Waals surface area (Å²) in [6.07, 6.45) is 4.61. The van der Waals surface area contributed by atoms with Crippen LogP contribution in [0.2, 0.25) is 0 Å². The minimum absolute atomic E-state index is 0.163. The molecule has 0 spiro atoms. The predicted octanol–water partition coefficient (Wildman–Crippen LogP) is 1.68. The van der Waals surface area contributed by atoms with Crippen LogP contribution in [0.5, 0.6) is 0 Å². The molecular weight excluding hydrogens is 204 g/mol. The molecule has 1 amide bonds. The maximum Gasteiger partial charge on any atom is 0.257 e. The number of aromatic nitrogens is 1. The Labute approximate surface area is 95.1 Å². The molecule has 0 saturated heterocycles. The van der Waals surface area contributed by atoms with Gasteiger partial charge in [0.2, 0.25) is 0 Å². The SMILES string of the molecule is CCC(C)(CC)NC(=O)c1c[nH]ccc1=O. The number of pyridine rings is 1. The van der Waals surface area contributed by atoms with Crippen LogP contribution in [0.3, 0.4) is 0 Å². The number of rotatable bonds is 4. The van der Waals surface area contributed by atoms with Crippen LogP contribution in [-0.4, -0.2) is 16.4 Å². The summed E-state index contributed by atoms with van der Waals surface area (Å²) < 4.78 is 0. The summed E-state index contributed by atoms with van der Waals surface area (Å²) in [7, 11) is 0. The van der Waals surface area contributed by atoms with Crippen LogP contribution in [-0.2, 0) is 0 Å². The van der Waals surface area contributed by atoms with Gasteiger partial charge in [-0.05, 0) is 19.8 Å². The van der Waals surface area contributed by atoms with Gasteiger partial charge in [-0.2, -0.15) is 0 Å². The average Bonchev–Trinajstić information content (AvgIpc) is 2.29. The highest BCUT2D eigenvalue weighted by molar-refractivity contribution is 5.94. The number of hydrogen-bond donors (Lipinski definition) is 2. The zero-order valence-electron chi connectivity index (χ0n) is 9.96. The molecule has 0 bridgehead atoms. The quantitative estimate of drug-likeness (QED) is 0.814. The second kappa shape index (κ2) is 4.96. The van der Waals surface area contributed by atoms with Crippen LogP contribution in [0.4, 0.5) is 0 Å². The lowest BCUT2D eigenvalue weighted by Crippen LogP contribution is -2.46. The molecule has 1 aromatic heterocycles. The van der Waals surface area contributed by atoms with Gasteiger partial charge in [-0.1, -0.05) is 13.8 Å².